The van der Waals surface area contributed by atoms with Crippen molar-refractivity contribution >= 4 is 32.4 Å². The molecule has 1 amide bonds. The molecule has 1 N–H and O–H groups in total. The average molecular weight is 412 g/mol. The number of rotatable bonds is 4. The van der Waals surface area contributed by atoms with Crippen LogP contribution in [-0.2, 0) is 14.8 Å². The molecule has 1 atom stereocenters. The van der Waals surface area contributed by atoms with Crippen molar-refractivity contribution in [3.05, 3.63) is 72.5 Å². The number of nitrogens with one attached hydrogen (secondary N) is 1. The third-order valence-corrected chi connectivity index (χ3v) is 7.10. The van der Waals surface area contributed by atoms with Gasteiger partial charge in [0.2, 0.25) is 15.9 Å². The largest absolute Gasteiger partial charge is 0.326 e. The molecule has 0 unspecified atom stereocenters. The molecule has 0 saturated carbocycles. The minimum absolute atomic E-state index is 0.0366. The van der Waals surface area contributed by atoms with E-state index < -0.39 is 21.8 Å². The molecule has 1 aliphatic rings. The van der Waals surface area contributed by atoms with Gasteiger partial charge in [-0.2, -0.15) is 4.31 Å². The van der Waals surface area contributed by atoms with Crippen molar-refractivity contribution in [2.75, 3.05) is 18.4 Å². The molecule has 1 heterocycles. The molecule has 0 spiro atoms. The van der Waals surface area contributed by atoms with Gasteiger partial charge >= 0.3 is 0 Å². The fraction of sp³-hybridized carbons (Fsp3) is 0.227. The summed E-state index contributed by atoms with van der Waals surface area (Å²) in [5.41, 5.74) is 0.687. The van der Waals surface area contributed by atoms with E-state index in [9.17, 15) is 17.6 Å². The Bertz CT molecular complexity index is 1150. The number of halogens is 1. The van der Waals surface area contributed by atoms with Crippen LogP contribution in [0.15, 0.2) is 71.6 Å². The first-order valence-corrected chi connectivity index (χ1v) is 10.9. The Labute approximate surface area is 169 Å². The minimum atomic E-state index is -3.76. The summed E-state index contributed by atoms with van der Waals surface area (Å²) in [5.74, 6) is -1.13. The van der Waals surface area contributed by atoms with Crippen molar-refractivity contribution in [2.24, 2.45) is 5.92 Å². The van der Waals surface area contributed by atoms with E-state index in [2.05, 4.69) is 5.32 Å². The van der Waals surface area contributed by atoms with E-state index in [1.165, 1.54) is 16.4 Å². The number of piperidine rings is 1. The number of benzene rings is 3. The highest BCUT2D eigenvalue weighted by atomic mass is 32.2. The Morgan fingerprint density at radius 1 is 1.00 bits per heavy atom. The Hall–Kier alpha value is -2.77. The maximum absolute atomic E-state index is 13.1. The summed E-state index contributed by atoms with van der Waals surface area (Å²) < 4.78 is 40.1. The molecule has 5 nitrogen and oxygen atoms in total. The van der Waals surface area contributed by atoms with Crippen LogP contribution in [0.2, 0.25) is 0 Å². The van der Waals surface area contributed by atoms with Gasteiger partial charge in [0.05, 0.1) is 10.8 Å². The molecule has 1 fully saturated rings. The molecule has 1 aliphatic heterocycles. The van der Waals surface area contributed by atoms with Crippen LogP contribution < -0.4 is 5.32 Å². The maximum Gasteiger partial charge on any atom is 0.243 e. The minimum Gasteiger partial charge on any atom is -0.326 e. The Morgan fingerprint density at radius 3 is 2.48 bits per heavy atom. The molecule has 7 heteroatoms. The molecule has 0 bridgehead atoms. The SMILES string of the molecule is O=C(Nc1ccc2ccccc2c1)[C@@H]1CCCN(S(=O)(=O)c2ccc(F)cc2)C1. The van der Waals surface area contributed by atoms with Gasteiger partial charge in [-0.3, -0.25) is 4.79 Å². The predicted molar refractivity (Wildman–Crippen MR) is 110 cm³/mol. The zero-order valence-corrected chi connectivity index (χ0v) is 16.5. The third-order valence-electron chi connectivity index (χ3n) is 5.22. The molecular weight excluding hydrogens is 391 g/mol. The first-order valence-electron chi connectivity index (χ1n) is 9.49. The molecule has 0 aromatic heterocycles. The zero-order valence-electron chi connectivity index (χ0n) is 15.7. The Morgan fingerprint density at radius 2 is 1.72 bits per heavy atom. The van der Waals surface area contributed by atoms with E-state index in [0.717, 1.165) is 22.9 Å². The van der Waals surface area contributed by atoms with Crippen LogP contribution in [0.5, 0.6) is 0 Å². The number of amides is 1. The van der Waals surface area contributed by atoms with Crippen LogP contribution in [0.4, 0.5) is 10.1 Å². The van der Waals surface area contributed by atoms with Gasteiger partial charge in [-0.15, -0.1) is 0 Å². The molecule has 3 aromatic rings. The lowest BCUT2D eigenvalue weighted by molar-refractivity contribution is -0.120. The van der Waals surface area contributed by atoms with Gasteiger partial charge in [-0.25, -0.2) is 12.8 Å². The monoisotopic (exact) mass is 412 g/mol. The molecular formula is C22H21FN2O3S. The standard InChI is InChI=1S/C22H21FN2O3S/c23-19-8-11-21(12-9-19)29(27,28)25-13-3-6-18(15-25)22(26)24-20-10-7-16-4-1-2-5-17(16)14-20/h1-2,4-5,7-12,14,18H,3,6,13,15H2,(H,24,26)/t18-/m1/s1. The van der Waals surface area contributed by atoms with Gasteiger partial charge in [0.1, 0.15) is 5.82 Å². The van der Waals surface area contributed by atoms with Crippen molar-refractivity contribution in [1.82, 2.24) is 4.31 Å². The van der Waals surface area contributed by atoms with Gasteiger partial charge in [0.15, 0.2) is 0 Å². The van der Waals surface area contributed by atoms with Crippen molar-refractivity contribution < 1.29 is 17.6 Å². The molecule has 4 rings (SSSR count). The number of carbonyl (C=O) groups is 1. The lowest BCUT2D eigenvalue weighted by atomic mass is 9.98. The molecule has 29 heavy (non-hydrogen) atoms. The van der Waals surface area contributed by atoms with Crippen LogP contribution in [-0.4, -0.2) is 31.7 Å². The van der Waals surface area contributed by atoms with Crippen molar-refractivity contribution in [2.45, 2.75) is 17.7 Å². The molecule has 3 aromatic carbocycles. The Kier molecular flexibility index (Phi) is 5.34. The molecule has 1 saturated heterocycles. The fourth-order valence-electron chi connectivity index (χ4n) is 3.64. The third kappa shape index (κ3) is 4.16. The lowest BCUT2D eigenvalue weighted by Crippen LogP contribution is -2.43. The van der Waals surface area contributed by atoms with Crippen LogP contribution in [0.1, 0.15) is 12.8 Å². The summed E-state index contributed by atoms with van der Waals surface area (Å²) in [6, 6.07) is 18.3. The van der Waals surface area contributed by atoms with Gasteiger partial charge in [0.25, 0.3) is 0 Å². The number of hydrogen-bond acceptors (Lipinski definition) is 3. The highest BCUT2D eigenvalue weighted by Gasteiger charge is 2.33. The van der Waals surface area contributed by atoms with Gasteiger partial charge in [-0.1, -0.05) is 30.3 Å². The number of nitrogens with zero attached hydrogens (tertiary/aromatic N) is 1. The summed E-state index contributed by atoms with van der Waals surface area (Å²) in [7, 11) is -3.76. The second-order valence-corrected chi connectivity index (χ2v) is 9.15. The van der Waals surface area contributed by atoms with E-state index in [-0.39, 0.29) is 17.3 Å². The molecule has 150 valence electrons. The summed E-state index contributed by atoms with van der Waals surface area (Å²) in [5, 5.41) is 5.02. The van der Waals surface area contributed by atoms with Crippen molar-refractivity contribution in [1.29, 1.82) is 0 Å². The van der Waals surface area contributed by atoms with Crippen LogP contribution in [0.25, 0.3) is 10.8 Å². The van der Waals surface area contributed by atoms with Gasteiger partial charge in [0, 0.05) is 18.8 Å². The first kappa shape index (κ1) is 19.5. The average Bonchev–Trinajstić information content (AvgIpc) is 2.74. The fourth-order valence-corrected chi connectivity index (χ4v) is 5.17. The van der Waals surface area contributed by atoms with E-state index in [1.807, 2.05) is 42.5 Å². The molecule has 0 radical (unpaired) electrons. The number of anilines is 1. The normalized spacial score (nSPS) is 17.9. The zero-order chi connectivity index (χ0) is 20.4. The summed E-state index contributed by atoms with van der Waals surface area (Å²) in [6.07, 6.45) is 1.21. The van der Waals surface area contributed by atoms with Crippen LogP contribution in [0, 0.1) is 11.7 Å². The second kappa shape index (κ2) is 7.93. The Balaban J connectivity index is 1.48. The number of sulfonamides is 1. The lowest BCUT2D eigenvalue weighted by Gasteiger charge is -2.31. The maximum atomic E-state index is 13.1. The second-order valence-electron chi connectivity index (χ2n) is 7.21. The number of fused-ring (bicyclic) bond motifs is 1. The highest BCUT2D eigenvalue weighted by Crippen LogP contribution is 2.26. The van der Waals surface area contributed by atoms with E-state index >= 15 is 0 Å². The molecule has 0 aliphatic carbocycles. The first-order chi connectivity index (χ1) is 13.9. The highest BCUT2D eigenvalue weighted by molar-refractivity contribution is 7.89. The predicted octanol–water partition coefficient (Wildman–Crippen LogP) is 4.02. The summed E-state index contributed by atoms with van der Waals surface area (Å²) >= 11 is 0. The number of carbonyl (C=O) groups excluding carboxylic acids is 1. The smallest absolute Gasteiger partial charge is 0.243 e. The van der Waals surface area contributed by atoms with E-state index in [4.69, 9.17) is 0 Å². The van der Waals surface area contributed by atoms with Crippen molar-refractivity contribution in [3.8, 4) is 0 Å². The topological polar surface area (TPSA) is 66.5 Å². The van der Waals surface area contributed by atoms with Gasteiger partial charge < -0.3 is 5.32 Å². The number of hydrogen-bond donors (Lipinski definition) is 1. The quantitative estimate of drug-likeness (QED) is 0.704. The summed E-state index contributed by atoms with van der Waals surface area (Å²) in [6.45, 7) is 0.457. The summed E-state index contributed by atoms with van der Waals surface area (Å²) in [4.78, 5) is 12.8. The van der Waals surface area contributed by atoms with Gasteiger partial charge in [-0.05, 0) is 60.0 Å². The van der Waals surface area contributed by atoms with E-state index in [1.54, 1.807) is 0 Å². The van der Waals surface area contributed by atoms with Crippen molar-refractivity contribution in [3.63, 3.8) is 0 Å². The van der Waals surface area contributed by atoms with E-state index in [0.29, 0.717) is 25.1 Å². The van der Waals surface area contributed by atoms with Crippen LogP contribution in [0.3, 0.4) is 0 Å². The van der Waals surface area contributed by atoms with Crippen LogP contribution >= 0.6 is 0 Å².